The Morgan fingerprint density at radius 2 is 0.952 bits per heavy atom. The van der Waals surface area contributed by atoms with Crippen molar-refractivity contribution in [3.63, 3.8) is 0 Å². The van der Waals surface area contributed by atoms with Gasteiger partial charge in [-0.25, -0.2) is 0 Å². The first-order chi connectivity index (χ1) is 40.6. The number of rotatable bonds is 0. The van der Waals surface area contributed by atoms with Crippen LogP contribution in [-0.2, 0) is 43.5 Å². The van der Waals surface area contributed by atoms with Crippen LogP contribution in [0, 0.1) is 29.1 Å². The molecule has 7 heterocycles. The number of hydrogen-bond acceptors (Lipinski definition) is 13. The van der Waals surface area contributed by atoms with Gasteiger partial charge in [0.05, 0.1) is 69.2 Å². The van der Waals surface area contributed by atoms with Gasteiger partial charge in [0.2, 0.25) is 0 Å². The molecular formula is C71H82O12S. The normalized spacial score (nSPS) is 26.5. The number of hydrogen-bond donors (Lipinski definition) is 0. The fraction of sp³-hybridized carbons (Fsp3) is 0.521. The molecule has 5 aliphatic carbocycles. The fourth-order valence-corrected chi connectivity index (χ4v) is 15.3. The summed E-state index contributed by atoms with van der Waals surface area (Å²) in [4.78, 5) is 51.4. The first-order valence-electron chi connectivity index (χ1n) is 31.3. The van der Waals surface area contributed by atoms with Crippen molar-refractivity contribution < 1.29 is 57.1 Å². The maximum Gasteiger partial charge on any atom is 0.306 e. The second kappa shape index (κ2) is 24.9. The zero-order chi connectivity index (χ0) is 58.0. The maximum atomic E-state index is 12.8. The van der Waals surface area contributed by atoms with E-state index in [2.05, 4.69) is 101 Å². The van der Waals surface area contributed by atoms with Gasteiger partial charge in [-0.2, -0.15) is 0 Å². The van der Waals surface area contributed by atoms with E-state index in [1.54, 1.807) is 11.8 Å². The lowest BCUT2D eigenvalue weighted by molar-refractivity contribution is -0.153. The second-order valence-electron chi connectivity index (χ2n) is 26.3. The summed E-state index contributed by atoms with van der Waals surface area (Å²) >= 11 is 1.74. The van der Waals surface area contributed by atoms with Crippen LogP contribution < -0.4 is 18.9 Å². The van der Waals surface area contributed by atoms with E-state index >= 15 is 0 Å². The van der Waals surface area contributed by atoms with Gasteiger partial charge in [0, 0.05) is 16.4 Å². The topological polar surface area (TPSA) is 142 Å². The Hall–Kier alpha value is -6.47. The van der Waals surface area contributed by atoms with E-state index in [0.29, 0.717) is 32.2 Å². The van der Waals surface area contributed by atoms with Crippen molar-refractivity contribution in [2.24, 2.45) is 29.1 Å². The molecule has 4 fully saturated rings. The van der Waals surface area contributed by atoms with Gasteiger partial charge < -0.3 is 37.9 Å². The van der Waals surface area contributed by atoms with Crippen LogP contribution in [-0.4, -0.2) is 67.4 Å². The van der Waals surface area contributed by atoms with Crippen molar-refractivity contribution in [2.75, 3.05) is 26.4 Å². The standard InChI is InChI=1S/C71H82O12S/c1-69(2)35-37-71(38-36-69)59-8-6-5-7-55(59)66-57-39-60-61(84-70(3,4)83-60)40-58(57)68-56(67(66)71)30-19-45-13-20-50(21-14-45)80-51-22-15-48(16-23-51)43-78-64(74)33-31-62(72)76-41-46-9-11-47(12-10-46)42-77-63(73)32-34-65(75)79-44-49-17-24-52(25-18-49)81-53-26-28-54(82-68)29-27-53/h5-8,13-14,19-21,26-30,39-40,46-49,51-52H,9-12,15-18,22-25,31-38,41-44H2,1-4H3. The highest BCUT2D eigenvalue weighted by atomic mass is 32.2. The summed E-state index contributed by atoms with van der Waals surface area (Å²) in [6, 6.07) is 30.2. The molecule has 0 amide bonds. The Balaban J connectivity index is 0.815. The predicted molar refractivity (Wildman–Crippen MR) is 325 cm³/mol. The summed E-state index contributed by atoms with van der Waals surface area (Å²) in [6.07, 6.45) is 19.2. The van der Waals surface area contributed by atoms with E-state index in [4.69, 9.17) is 37.9 Å². The summed E-state index contributed by atoms with van der Waals surface area (Å²) in [5, 5.41) is 2.17. The molecular weight excluding hydrogens is 1080 g/mol. The number of benzene rings is 5. The molecule has 444 valence electrons. The Morgan fingerprint density at radius 1 is 0.488 bits per heavy atom. The van der Waals surface area contributed by atoms with Crippen molar-refractivity contribution in [1.82, 2.24) is 0 Å². The Labute approximate surface area is 499 Å². The molecule has 0 aromatic heterocycles. The predicted octanol–water partition coefficient (Wildman–Crippen LogP) is 16.3. The molecule has 84 heavy (non-hydrogen) atoms. The maximum absolute atomic E-state index is 12.8. The Kier molecular flexibility index (Phi) is 17.1. The summed E-state index contributed by atoms with van der Waals surface area (Å²) < 4.78 is 49.7. The SMILES string of the molecule is CC1(C)CCC2(CC1)c1ccccc1-c1c2c2c(c3cc4c(cc13)OC(C)(C)S4)Oc1ccc(cc1)OC1CCC(CC1)COC(=O)CCC(=O)OCC1CCC(CC1)COC(=O)CCC(=O)OCC1CCC(CC1)Oc1ccc(cc1)C=C2. The minimum absolute atomic E-state index is 0.00830. The number of carbonyl (C=O) groups excluding carboxylic acids is 4. The molecule has 7 aliphatic heterocycles. The van der Waals surface area contributed by atoms with Gasteiger partial charge in [0.15, 0.2) is 4.93 Å². The zero-order valence-corrected chi connectivity index (χ0v) is 50.3. The minimum atomic E-state index is -0.421. The van der Waals surface area contributed by atoms with Crippen LogP contribution in [0.3, 0.4) is 0 Å². The van der Waals surface area contributed by atoms with E-state index in [1.165, 1.54) is 22.3 Å². The lowest BCUT2D eigenvalue weighted by Crippen LogP contribution is -2.34. The van der Waals surface area contributed by atoms with E-state index < -0.39 is 16.9 Å². The minimum Gasteiger partial charge on any atom is -0.490 e. The average Bonchev–Trinajstić information content (AvgIpc) is 1.54. The van der Waals surface area contributed by atoms with E-state index in [0.717, 1.165) is 153 Å². The first kappa shape index (κ1) is 57.9. The van der Waals surface area contributed by atoms with Crippen molar-refractivity contribution in [1.29, 1.82) is 0 Å². The third-order valence-electron chi connectivity index (χ3n) is 19.2. The summed E-state index contributed by atoms with van der Waals surface area (Å²) in [5.74, 6) is 3.41. The van der Waals surface area contributed by atoms with Crippen LogP contribution in [0.2, 0.25) is 0 Å². The van der Waals surface area contributed by atoms with Gasteiger partial charge >= 0.3 is 23.9 Å². The molecule has 17 rings (SSSR count). The van der Waals surface area contributed by atoms with Gasteiger partial charge in [0.25, 0.3) is 0 Å². The van der Waals surface area contributed by atoms with Gasteiger partial charge in [-0.05, 0) is 227 Å². The number of fused-ring (bicyclic) bond motifs is 13. The first-order valence-corrected chi connectivity index (χ1v) is 32.1. The van der Waals surface area contributed by atoms with Gasteiger partial charge in [-0.3, -0.25) is 19.2 Å². The smallest absolute Gasteiger partial charge is 0.306 e. The van der Waals surface area contributed by atoms with Crippen LogP contribution in [0.25, 0.3) is 34.1 Å². The summed E-state index contributed by atoms with van der Waals surface area (Å²) in [7, 11) is 0. The highest BCUT2D eigenvalue weighted by Crippen LogP contribution is 2.64. The largest absolute Gasteiger partial charge is 0.490 e. The van der Waals surface area contributed by atoms with Crippen molar-refractivity contribution in [3.05, 3.63) is 107 Å². The molecule has 5 aromatic rings. The van der Waals surface area contributed by atoms with Crippen molar-refractivity contribution in [2.45, 2.75) is 184 Å². The monoisotopic (exact) mass is 1160 g/mol. The van der Waals surface area contributed by atoms with Gasteiger partial charge in [-0.15, -0.1) is 0 Å². The summed E-state index contributed by atoms with van der Waals surface area (Å²) in [5.41, 5.74) is 7.40. The third kappa shape index (κ3) is 13.3. The molecule has 0 unspecified atom stereocenters. The Morgan fingerprint density at radius 3 is 1.46 bits per heavy atom. The van der Waals surface area contributed by atoms with Crippen LogP contribution >= 0.6 is 11.8 Å². The number of thioether (sulfide) groups is 1. The molecule has 10 bridgehead atoms. The van der Waals surface area contributed by atoms with Crippen LogP contribution in [0.5, 0.6) is 28.7 Å². The molecule has 4 saturated carbocycles. The Bertz CT molecular complexity index is 3240. The molecule has 12 nitrogen and oxygen atoms in total. The molecule has 0 atom stereocenters. The van der Waals surface area contributed by atoms with Crippen LogP contribution in [0.1, 0.15) is 178 Å². The molecule has 0 N–H and O–H groups in total. The summed E-state index contributed by atoms with van der Waals surface area (Å²) in [6.45, 7) is 10.4. The van der Waals surface area contributed by atoms with E-state index in [9.17, 15) is 19.2 Å². The van der Waals surface area contributed by atoms with E-state index in [-0.39, 0.29) is 84.3 Å². The average molecular weight is 1160 g/mol. The van der Waals surface area contributed by atoms with E-state index in [1.807, 2.05) is 24.3 Å². The highest BCUT2D eigenvalue weighted by Gasteiger charge is 2.50. The number of carbonyl (C=O) groups is 4. The third-order valence-corrected chi connectivity index (χ3v) is 20.3. The molecule has 12 aliphatic rings. The van der Waals surface area contributed by atoms with Gasteiger partial charge in [-0.1, -0.05) is 74.2 Å². The van der Waals surface area contributed by atoms with Crippen molar-refractivity contribution in [3.8, 4) is 39.9 Å². The lowest BCUT2D eigenvalue weighted by atomic mass is 9.60. The second-order valence-corrected chi connectivity index (χ2v) is 28.0. The number of esters is 4. The zero-order valence-electron chi connectivity index (χ0n) is 49.5. The van der Waals surface area contributed by atoms with Crippen molar-refractivity contribution >= 4 is 58.6 Å². The van der Waals surface area contributed by atoms with Gasteiger partial charge in [0.1, 0.15) is 28.7 Å². The lowest BCUT2D eigenvalue weighted by Gasteiger charge is -2.43. The molecule has 0 radical (unpaired) electrons. The number of ether oxygens (including phenoxy) is 8. The highest BCUT2D eigenvalue weighted by molar-refractivity contribution is 8.00. The molecule has 1 spiro atoms. The quantitative estimate of drug-likeness (QED) is 0.107. The molecule has 0 saturated heterocycles. The van der Waals surface area contributed by atoms with Crippen LogP contribution in [0.4, 0.5) is 0 Å². The molecule has 13 heteroatoms. The molecule has 5 aromatic carbocycles. The van der Waals surface area contributed by atoms with Crippen LogP contribution in [0.15, 0.2) is 89.8 Å². The fourth-order valence-electron chi connectivity index (χ4n) is 14.2.